The van der Waals surface area contributed by atoms with Crippen molar-refractivity contribution in [3.05, 3.63) is 23.8 Å². The Labute approximate surface area is 109 Å². The first-order chi connectivity index (χ1) is 8.45. The van der Waals surface area contributed by atoms with Crippen LogP contribution < -0.4 is 15.8 Å². The molecular weight excluding hydrogens is 252 g/mol. The summed E-state index contributed by atoms with van der Waals surface area (Å²) in [6.07, 6.45) is 1.61. The van der Waals surface area contributed by atoms with Crippen molar-refractivity contribution in [2.24, 2.45) is 0 Å². The van der Waals surface area contributed by atoms with E-state index in [0.29, 0.717) is 23.5 Å². The van der Waals surface area contributed by atoms with Gasteiger partial charge in [-0.25, -0.2) is 0 Å². The zero-order valence-corrected chi connectivity index (χ0v) is 11.5. The van der Waals surface area contributed by atoms with E-state index in [2.05, 4.69) is 5.32 Å². The van der Waals surface area contributed by atoms with E-state index in [1.165, 1.54) is 7.11 Å². The molecule has 0 saturated carbocycles. The molecule has 0 fully saturated rings. The van der Waals surface area contributed by atoms with E-state index < -0.39 is 10.8 Å². The van der Waals surface area contributed by atoms with Gasteiger partial charge in [-0.1, -0.05) is 0 Å². The van der Waals surface area contributed by atoms with Crippen LogP contribution in [0.1, 0.15) is 17.3 Å². The van der Waals surface area contributed by atoms with Gasteiger partial charge in [0, 0.05) is 34.5 Å². The average molecular weight is 270 g/mol. The highest BCUT2D eigenvalue weighted by atomic mass is 32.2. The van der Waals surface area contributed by atoms with Crippen molar-refractivity contribution in [1.82, 2.24) is 5.32 Å². The molecule has 0 aliphatic carbocycles. The Bertz CT molecular complexity index is 463. The maximum Gasteiger partial charge on any atom is 0.253 e. The van der Waals surface area contributed by atoms with Crippen LogP contribution >= 0.6 is 0 Å². The number of carbonyl (C=O) groups excluding carboxylic acids is 1. The number of amides is 1. The predicted molar refractivity (Wildman–Crippen MR) is 73.3 cm³/mol. The summed E-state index contributed by atoms with van der Waals surface area (Å²) in [5.74, 6) is 0.283. The van der Waals surface area contributed by atoms with Gasteiger partial charge in [0.05, 0.1) is 12.7 Å². The van der Waals surface area contributed by atoms with Crippen molar-refractivity contribution in [3.63, 3.8) is 0 Å². The SMILES string of the molecule is COc1ccc(N)c(C(=O)NCC(C)S(C)=O)c1. The second-order valence-electron chi connectivity index (χ2n) is 3.97. The number of nitrogens with two attached hydrogens (primary N) is 1. The third-order valence-electron chi connectivity index (χ3n) is 2.62. The number of anilines is 1. The summed E-state index contributed by atoms with van der Waals surface area (Å²) >= 11 is 0. The molecule has 0 aliphatic heterocycles. The first-order valence-electron chi connectivity index (χ1n) is 5.49. The average Bonchev–Trinajstić information content (AvgIpc) is 2.35. The van der Waals surface area contributed by atoms with Crippen molar-refractivity contribution in [1.29, 1.82) is 0 Å². The fourth-order valence-corrected chi connectivity index (χ4v) is 1.63. The summed E-state index contributed by atoms with van der Waals surface area (Å²) in [6, 6.07) is 4.89. The van der Waals surface area contributed by atoms with E-state index in [1.54, 1.807) is 24.5 Å². The molecule has 18 heavy (non-hydrogen) atoms. The molecule has 1 aromatic carbocycles. The maximum absolute atomic E-state index is 11.9. The summed E-state index contributed by atoms with van der Waals surface area (Å²) in [5.41, 5.74) is 6.49. The van der Waals surface area contributed by atoms with E-state index in [9.17, 15) is 9.00 Å². The molecule has 100 valence electrons. The molecular formula is C12H18N2O3S. The van der Waals surface area contributed by atoms with Gasteiger partial charge in [-0.2, -0.15) is 0 Å². The van der Waals surface area contributed by atoms with Crippen LogP contribution in [-0.4, -0.2) is 35.3 Å². The molecule has 1 amide bonds. The summed E-state index contributed by atoms with van der Waals surface area (Å²) in [7, 11) is 0.558. The summed E-state index contributed by atoms with van der Waals surface area (Å²) in [6.45, 7) is 2.16. The molecule has 0 spiro atoms. The lowest BCUT2D eigenvalue weighted by atomic mass is 10.1. The first kappa shape index (κ1) is 14.5. The Morgan fingerprint density at radius 2 is 2.22 bits per heavy atom. The second-order valence-corrected chi connectivity index (χ2v) is 5.77. The van der Waals surface area contributed by atoms with Gasteiger partial charge in [0.2, 0.25) is 0 Å². The fraction of sp³-hybridized carbons (Fsp3) is 0.417. The Balaban J connectivity index is 2.75. The molecule has 1 aromatic rings. The Kier molecular flexibility index (Phi) is 5.15. The van der Waals surface area contributed by atoms with Crippen LogP contribution in [-0.2, 0) is 10.8 Å². The number of nitrogen functional groups attached to an aromatic ring is 1. The zero-order chi connectivity index (χ0) is 13.7. The Morgan fingerprint density at radius 1 is 1.56 bits per heavy atom. The van der Waals surface area contributed by atoms with Crippen LogP contribution in [0.2, 0.25) is 0 Å². The van der Waals surface area contributed by atoms with Crippen molar-refractivity contribution in [2.45, 2.75) is 12.2 Å². The first-order valence-corrected chi connectivity index (χ1v) is 7.11. The normalized spacial score (nSPS) is 13.7. The van der Waals surface area contributed by atoms with Crippen LogP contribution in [0.4, 0.5) is 5.69 Å². The van der Waals surface area contributed by atoms with Gasteiger partial charge < -0.3 is 15.8 Å². The van der Waals surface area contributed by atoms with Gasteiger partial charge in [0.1, 0.15) is 5.75 Å². The number of rotatable bonds is 5. The Hall–Kier alpha value is -1.56. The standard InChI is InChI=1S/C12H18N2O3S/c1-8(18(3)16)7-14-12(15)10-6-9(17-2)4-5-11(10)13/h4-6,8H,7,13H2,1-3H3,(H,14,15). The third kappa shape index (κ3) is 3.73. The number of hydrogen-bond donors (Lipinski definition) is 2. The van der Waals surface area contributed by atoms with Gasteiger partial charge in [0.25, 0.3) is 5.91 Å². The van der Waals surface area contributed by atoms with Gasteiger partial charge >= 0.3 is 0 Å². The predicted octanol–water partition coefficient (Wildman–Crippen LogP) is 0.774. The smallest absolute Gasteiger partial charge is 0.253 e. The van der Waals surface area contributed by atoms with Crippen LogP contribution in [0.15, 0.2) is 18.2 Å². The molecule has 6 heteroatoms. The number of methoxy groups -OCH3 is 1. The molecule has 3 N–H and O–H groups in total. The van der Waals surface area contributed by atoms with Crippen LogP contribution in [0.3, 0.4) is 0 Å². The minimum atomic E-state index is -0.965. The van der Waals surface area contributed by atoms with Gasteiger partial charge in [-0.3, -0.25) is 9.00 Å². The maximum atomic E-state index is 11.9. The summed E-state index contributed by atoms with van der Waals surface area (Å²) < 4.78 is 16.2. The van der Waals surface area contributed by atoms with E-state index >= 15 is 0 Å². The second kappa shape index (κ2) is 6.39. The van der Waals surface area contributed by atoms with Gasteiger partial charge in [0.15, 0.2) is 0 Å². The van der Waals surface area contributed by atoms with Gasteiger partial charge in [-0.15, -0.1) is 0 Å². The minimum Gasteiger partial charge on any atom is -0.497 e. The number of ether oxygens (including phenoxy) is 1. The van der Waals surface area contributed by atoms with Crippen molar-refractivity contribution < 1.29 is 13.7 Å². The number of carbonyl (C=O) groups is 1. The fourth-order valence-electron chi connectivity index (χ4n) is 1.31. The third-order valence-corrected chi connectivity index (χ3v) is 3.92. The van der Waals surface area contributed by atoms with E-state index in [0.717, 1.165) is 0 Å². The highest BCUT2D eigenvalue weighted by Gasteiger charge is 2.13. The largest absolute Gasteiger partial charge is 0.497 e. The van der Waals surface area contributed by atoms with Crippen LogP contribution in [0.25, 0.3) is 0 Å². The molecule has 2 unspecified atom stereocenters. The van der Waals surface area contributed by atoms with E-state index in [1.807, 2.05) is 6.92 Å². The van der Waals surface area contributed by atoms with Crippen molar-refractivity contribution in [3.8, 4) is 5.75 Å². The monoisotopic (exact) mass is 270 g/mol. The highest BCUT2D eigenvalue weighted by molar-refractivity contribution is 7.84. The molecule has 0 bridgehead atoms. The topological polar surface area (TPSA) is 81.4 Å². The molecule has 0 radical (unpaired) electrons. The zero-order valence-electron chi connectivity index (χ0n) is 10.7. The van der Waals surface area contributed by atoms with Crippen LogP contribution in [0, 0.1) is 0 Å². The lowest BCUT2D eigenvalue weighted by Crippen LogP contribution is -2.33. The highest BCUT2D eigenvalue weighted by Crippen LogP contribution is 2.19. The summed E-state index contributed by atoms with van der Waals surface area (Å²) in [5, 5.41) is 2.61. The quantitative estimate of drug-likeness (QED) is 0.775. The molecule has 0 heterocycles. The molecule has 2 atom stereocenters. The molecule has 0 aliphatic rings. The minimum absolute atomic E-state index is 0.0965. The number of benzene rings is 1. The van der Waals surface area contributed by atoms with E-state index in [-0.39, 0.29) is 11.2 Å². The number of nitrogens with one attached hydrogen (secondary N) is 1. The lowest BCUT2D eigenvalue weighted by Gasteiger charge is -2.12. The summed E-state index contributed by atoms with van der Waals surface area (Å²) in [4.78, 5) is 11.9. The van der Waals surface area contributed by atoms with Gasteiger partial charge in [-0.05, 0) is 25.1 Å². The van der Waals surface area contributed by atoms with Crippen molar-refractivity contribution >= 4 is 22.4 Å². The van der Waals surface area contributed by atoms with E-state index in [4.69, 9.17) is 10.5 Å². The number of hydrogen-bond acceptors (Lipinski definition) is 4. The van der Waals surface area contributed by atoms with Crippen LogP contribution in [0.5, 0.6) is 5.75 Å². The molecule has 1 rings (SSSR count). The molecule has 0 saturated heterocycles. The van der Waals surface area contributed by atoms with Crippen molar-refractivity contribution in [2.75, 3.05) is 25.6 Å². The molecule has 5 nitrogen and oxygen atoms in total. The molecule has 0 aromatic heterocycles. The lowest BCUT2D eigenvalue weighted by molar-refractivity contribution is 0.0954. The Morgan fingerprint density at radius 3 is 2.78 bits per heavy atom.